The molecule has 0 atom stereocenters. The zero-order chi connectivity index (χ0) is 20.4. The van der Waals surface area contributed by atoms with Crippen LogP contribution in [-0.4, -0.2) is 17.6 Å². The molecule has 0 aliphatic rings. The molecule has 4 aromatic rings. The van der Waals surface area contributed by atoms with Gasteiger partial charge in [-0.1, -0.05) is 18.2 Å². The van der Waals surface area contributed by atoms with Crippen molar-refractivity contribution in [3.05, 3.63) is 88.6 Å². The molecule has 0 radical (unpaired) electrons. The standard InChI is InChI=1S/C23H19FN2O2S/c1-15-5-10-20(28-2)19(13-15)25-23(27)22-21(26-11-3-4-12-26)18(14-29-22)16-6-8-17(24)9-7-16/h3-14H,1-2H3,(H,25,27). The van der Waals surface area contributed by atoms with Gasteiger partial charge in [0, 0.05) is 23.3 Å². The summed E-state index contributed by atoms with van der Waals surface area (Å²) in [6.45, 7) is 1.96. The van der Waals surface area contributed by atoms with Gasteiger partial charge in [-0.3, -0.25) is 4.79 Å². The molecule has 0 aliphatic carbocycles. The fourth-order valence-electron chi connectivity index (χ4n) is 3.19. The van der Waals surface area contributed by atoms with Crippen LogP contribution in [0.15, 0.2) is 72.4 Å². The minimum Gasteiger partial charge on any atom is -0.495 e. The van der Waals surface area contributed by atoms with Crippen LogP contribution >= 0.6 is 11.3 Å². The highest BCUT2D eigenvalue weighted by Gasteiger charge is 2.21. The smallest absolute Gasteiger partial charge is 0.268 e. The SMILES string of the molecule is COc1ccc(C)cc1NC(=O)c1scc(-c2ccc(F)cc2)c1-n1cccc1. The molecule has 0 spiro atoms. The lowest BCUT2D eigenvalue weighted by atomic mass is 10.1. The number of hydrogen-bond donors (Lipinski definition) is 1. The Bertz CT molecular complexity index is 1150. The first kappa shape index (κ1) is 19.0. The monoisotopic (exact) mass is 406 g/mol. The molecule has 146 valence electrons. The van der Waals surface area contributed by atoms with Crippen molar-refractivity contribution in [3.63, 3.8) is 0 Å². The van der Waals surface area contributed by atoms with Crippen molar-refractivity contribution in [2.45, 2.75) is 6.92 Å². The molecule has 0 unspecified atom stereocenters. The van der Waals surface area contributed by atoms with Crippen molar-refractivity contribution in [3.8, 4) is 22.6 Å². The van der Waals surface area contributed by atoms with Crippen LogP contribution in [-0.2, 0) is 0 Å². The van der Waals surface area contributed by atoms with E-state index in [1.54, 1.807) is 19.2 Å². The Morgan fingerprint density at radius 3 is 2.52 bits per heavy atom. The van der Waals surface area contributed by atoms with E-state index in [1.807, 2.05) is 59.6 Å². The van der Waals surface area contributed by atoms with Gasteiger partial charge in [0.15, 0.2) is 0 Å². The Morgan fingerprint density at radius 1 is 1.10 bits per heavy atom. The summed E-state index contributed by atoms with van der Waals surface area (Å²) in [6.07, 6.45) is 3.78. The van der Waals surface area contributed by atoms with Gasteiger partial charge in [-0.25, -0.2) is 4.39 Å². The van der Waals surface area contributed by atoms with E-state index in [-0.39, 0.29) is 11.7 Å². The van der Waals surface area contributed by atoms with Crippen LogP contribution in [0.1, 0.15) is 15.2 Å². The maximum atomic E-state index is 13.4. The fourth-order valence-corrected chi connectivity index (χ4v) is 4.15. The molecular weight excluding hydrogens is 387 g/mol. The van der Waals surface area contributed by atoms with Crippen LogP contribution in [0.2, 0.25) is 0 Å². The Kier molecular flexibility index (Phi) is 5.18. The molecule has 6 heteroatoms. The van der Waals surface area contributed by atoms with Crippen LogP contribution in [0, 0.1) is 12.7 Å². The summed E-state index contributed by atoms with van der Waals surface area (Å²) < 4.78 is 20.7. The van der Waals surface area contributed by atoms with E-state index >= 15 is 0 Å². The highest BCUT2D eigenvalue weighted by Crippen LogP contribution is 2.36. The van der Waals surface area contributed by atoms with Gasteiger partial charge in [-0.05, 0) is 54.4 Å². The number of carbonyl (C=O) groups is 1. The quantitative estimate of drug-likeness (QED) is 0.447. The van der Waals surface area contributed by atoms with Crippen LogP contribution in [0.25, 0.3) is 16.8 Å². The maximum absolute atomic E-state index is 13.4. The number of thiophene rings is 1. The van der Waals surface area contributed by atoms with E-state index in [0.717, 1.165) is 22.4 Å². The molecular formula is C23H19FN2O2S. The van der Waals surface area contributed by atoms with E-state index in [9.17, 15) is 9.18 Å². The predicted molar refractivity (Wildman–Crippen MR) is 115 cm³/mol. The third-order valence-electron chi connectivity index (χ3n) is 4.59. The summed E-state index contributed by atoms with van der Waals surface area (Å²) in [5.74, 6) is 0.0775. The van der Waals surface area contributed by atoms with Crippen molar-refractivity contribution >= 4 is 22.9 Å². The lowest BCUT2D eigenvalue weighted by Gasteiger charge is -2.13. The van der Waals surface area contributed by atoms with Gasteiger partial charge in [0.2, 0.25) is 0 Å². The van der Waals surface area contributed by atoms with Crippen LogP contribution in [0.3, 0.4) is 0 Å². The average molecular weight is 406 g/mol. The van der Waals surface area contributed by atoms with Gasteiger partial charge in [0.1, 0.15) is 16.4 Å². The maximum Gasteiger partial charge on any atom is 0.268 e. The highest BCUT2D eigenvalue weighted by atomic mass is 32.1. The van der Waals surface area contributed by atoms with E-state index in [4.69, 9.17) is 4.74 Å². The topological polar surface area (TPSA) is 43.3 Å². The van der Waals surface area contributed by atoms with Crippen LogP contribution < -0.4 is 10.1 Å². The molecule has 0 bridgehead atoms. The summed E-state index contributed by atoms with van der Waals surface area (Å²) in [4.78, 5) is 13.7. The first-order valence-corrected chi connectivity index (χ1v) is 9.91. The minimum absolute atomic E-state index is 0.226. The second-order valence-corrected chi connectivity index (χ2v) is 7.46. The fraction of sp³-hybridized carbons (Fsp3) is 0.0870. The lowest BCUT2D eigenvalue weighted by molar-refractivity contribution is 0.103. The van der Waals surface area contributed by atoms with Gasteiger partial charge in [-0.2, -0.15) is 0 Å². The molecule has 2 aromatic heterocycles. The molecule has 0 fully saturated rings. The molecule has 4 nitrogen and oxygen atoms in total. The van der Waals surface area contributed by atoms with Crippen molar-refractivity contribution in [1.29, 1.82) is 0 Å². The van der Waals surface area contributed by atoms with Gasteiger partial charge < -0.3 is 14.6 Å². The van der Waals surface area contributed by atoms with E-state index in [2.05, 4.69) is 5.32 Å². The molecule has 0 saturated heterocycles. The predicted octanol–water partition coefficient (Wildman–Crippen LogP) is 5.91. The van der Waals surface area contributed by atoms with Gasteiger partial charge >= 0.3 is 0 Å². The Hall–Kier alpha value is -3.38. The number of carbonyl (C=O) groups excluding carboxylic acids is 1. The summed E-state index contributed by atoms with van der Waals surface area (Å²) in [7, 11) is 1.57. The number of hydrogen-bond acceptors (Lipinski definition) is 3. The van der Waals surface area contributed by atoms with Crippen LogP contribution in [0.5, 0.6) is 5.75 Å². The first-order valence-electron chi connectivity index (χ1n) is 9.03. The van der Waals surface area contributed by atoms with Crippen LogP contribution in [0.4, 0.5) is 10.1 Å². The van der Waals surface area contributed by atoms with Gasteiger partial charge in [0.05, 0.1) is 18.5 Å². The van der Waals surface area contributed by atoms with E-state index < -0.39 is 0 Å². The highest BCUT2D eigenvalue weighted by molar-refractivity contribution is 7.13. The van der Waals surface area contributed by atoms with Crippen molar-refractivity contribution in [1.82, 2.24) is 4.57 Å². The summed E-state index contributed by atoms with van der Waals surface area (Å²) in [6, 6.07) is 15.7. The largest absolute Gasteiger partial charge is 0.495 e. The molecule has 0 aliphatic heterocycles. The van der Waals surface area contributed by atoms with Gasteiger partial charge in [-0.15, -0.1) is 11.3 Å². The number of anilines is 1. The molecule has 2 heterocycles. The third kappa shape index (κ3) is 3.79. The number of benzene rings is 2. The average Bonchev–Trinajstić information content (AvgIpc) is 3.38. The van der Waals surface area contributed by atoms with E-state index in [0.29, 0.717) is 16.3 Å². The lowest BCUT2D eigenvalue weighted by Crippen LogP contribution is -2.13. The third-order valence-corrected chi connectivity index (χ3v) is 5.56. The van der Waals surface area contributed by atoms with E-state index in [1.165, 1.54) is 23.5 Å². The summed E-state index contributed by atoms with van der Waals surface area (Å²) >= 11 is 1.35. The number of aryl methyl sites for hydroxylation is 1. The Labute approximate surface area is 172 Å². The number of halogens is 1. The number of nitrogens with zero attached hydrogens (tertiary/aromatic N) is 1. The number of methoxy groups -OCH3 is 1. The Balaban J connectivity index is 1.77. The van der Waals surface area contributed by atoms with Crippen molar-refractivity contribution < 1.29 is 13.9 Å². The Morgan fingerprint density at radius 2 is 1.83 bits per heavy atom. The van der Waals surface area contributed by atoms with Crippen molar-refractivity contribution in [2.24, 2.45) is 0 Å². The number of ether oxygens (including phenoxy) is 1. The second-order valence-electron chi connectivity index (χ2n) is 6.58. The molecule has 1 amide bonds. The molecule has 2 aromatic carbocycles. The number of aromatic nitrogens is 1. The van der Waals surface area contributed by atoms with Gasteiger partial charge in [0.25, 0.3) is 5.91 Å². The van der Waals surface area contributed by atoms with Crippen molar-refractivity contribution in [2.75, 3.05) is 12.4 Å². The first-order chi connectivity index (χ1) is 14.1. The summed E-state index contributed by atoms with van der Waals surface area (Å²) in [5.41, 5.74) is 4.11. The summed E-state index contributed by atoms with van der Waals surface area (Å²) in [5, 5.41) is 4.89. The normalized spacial score (nSPS) is 10.7. The molecule has 29 heavy (non-hydrogen) atoms. The molecule has 4 rings (SSSR count). The minimum atomic E-state index is -0.295. The molecule has 1 N–H and O–H groups in total. The molecule has 0 saturated carbocycles. The zero-order valence-electron chi connectivity index (χ0n) is 16.0. The second kappa shape index (κ2) is 7.93. The number of nitrogens with one attached hydrogen (secondary N) is 1. The number of rotatable bonds is 5. The number of amides is 1. The zero-order valence-corrected chi connectivity index (χ0v) is 16.8.